The molecule has 0 aliphatic carbocycles. The Balaban J connectivity index is 2.36. The van der Waals surface area contributed by atoms with Crippen molar-refractivity contribution in [1.82, 2.24) is 10.3 Å². The molecule has 19 heavy (non-hydrogen) atoms. The van der Waals surface area contributed by atoms with Crippen LogP contribution in [0.5, 0.6) is 0 Å². The minimum absolute atomic E-state index is 0.224. The first kappa shape index (κ1) is 13.7. The number of carboxylic acids is 1. The number of hydrogen-bond donors (Lipinski definition) is 3. The molecule has 5 nitrogen and oxygen atoms in total. The maximum atomic E-state index is 11.6. The second-order valence-electron chi connectivity index (χ2n) is 4.82. The number of nitrogens with zero attached hydrogens (tertiary/aromatic N) is 1. The highest BCUT2D eigenvalue weighted by atomic mass is 35.5. The monoisotopic (exact) mass is 281 g/mol. The van der Waals surface area contributed by atoms with Gasteiger partial charge in [-0.25, -0.2) is 9.78 Å². The number of anilines is 1. The van der Waals surface area contributed by atoms with Gasteiger partial charge in [-0.1, -0.05) is 11.6 Å². The van der Waals surface area contributed by atoms with Gasteiger partial charge in [0.05, 0.1) is 5.16 Å². The zero-order valence-corrected chi connectivity index (χ0v) is 11.5. The van der Waals surface area contributed by atoms with Crippen molar-refractivity contribution >= 4 is 23.4 Å². The molecule has 1 aliphatic heterocycles. The Bertz CT molecular complexity index is 530. The van der Waals surface area contributed by atoms with Gasteiger partial charge < -0.3 is 15.7 Å². The van der Waals surface area contributed by atoms with Gasteiger partial charge in [0.1, 0.15) is 5.82 Å². The molecule has 2 heterocycles. The number of aliphatic carboxylic acids is 1. The fraction of sp³-hybridized carbons (Fsp3) is 0.385. The molecule has 6 heteroatoms. The summed E-state index contributed by atoms with van der Waals surface area (Å²) in [7, 11) is 0. The van der Waals surface area contributed by atoms with E-state index < -0.39 is 11.5 Å². The van der Waals surface area contributed by atoms with Crippen LogP contribution in [0.1, 0.15) is 25.8 Å². The van der Waals surface area contributed by atoms with E-state index in [1.54, 1.807) is 24.4 Å². The summed E-state index contributed by atoms with van der Waals surface area (Å²) in [6, 6.07) is 3.65. The smallest absolute Gasteiger partial charge is 0.334 e. The molecule has 0 aromatic carbocycles. The molecule has 0 amide bonds. The van der Waals surface area contributed by atoms with Crippen molar-refractivity contribution in [2.24, 2.45) is 0 Å². The Morgan fingerprint density at radius 2 is 2.37 bits per heavy atom. The predicted octanol–water partition coefficient (Wildman–Crippen LogP) is 2.26. The number of hydrogen-bond acceptors (Lipinski definition) is 4. The van der Waals surface area contributed by atoms with Crippen LogP contribution in [0.15, 0.2) is 29.6 Å². The van der Waals surface area contributed by atoms with Gasteiger partial charge in [0.2, 0.25) is 0 Å². The van der Waals surface area contributed by atoms with Crippen molar-refractivity contribution in [3.8, 4) is 0 Å². The first-order valence-electron chi connectivity index (χ1n) is 6.04. The molecular formula is C13H16ClN3O2. The van der Waals surface area contributed by atoms with Crippen LogP contribution in [0.4, 0.5) is 5.82 Å². The summed E-state index contributed by atoms with van der Waals surface area (Å²) in [5.74, 6) is -0.306. The number of carboxylic acid groups (broad SMARTS) is 1. The van der Waals surface area contributed by atoms with Gasteiger partial charge in [-0.05, 0) is 37.6 Å². The third-order valence-electron chi connectivity index (χ3n) is 2.97. The van der Waals surface area contributed by atoms with Crippen molar-refractivity contribution in [3.05, 3.63) is 35.1 Å². The molecule has 3 N–H and O–H groups in total. The lowest BCUT2D eigenvalue weighted by molar-refractivity contribution is -0.144. The van der Waals surface area contributed by atoms with Crippen LogP contribution in [0, 0.1) is 0 Å². The quantitative estimate of drug-likeness (QED) is 0.738. The highest BCUT2D eigenvalue weighted by Crippen LogP contribution is 2.34. The van der Waals surface area contributed by atoms with Gasteiger partial charge in [-0.3, -0.25) is 0 Å². The lowest BCUT2D eigenvalue weighted by atomic mass is 9.89. The van der Waals surface area contributed by atoms with Gasteiger partial charge in [0, 0.05) is 18.7 Å². The average molecular weight is 282 g/mol. The SMILES string of the molecule is CC(C)Nc1cc(C2(C(=O)O)CC=C(Cl)N2)ccn1. The van der Waals surface area contributed by atoms with E-state index in [-0.39, 0.29) is 6.04 Å². The van der Waals surface area contributed by atoms with Crippen molar-refractivity contribution in [3.63, 3.8) is 0 Å². The van der Waals surface area contributed by atoms with Crippen LogP contribution in [-0.4, -0.2) is 22.1 Å². The highest BCUT2D eigenvalue weighted by Gasteiger charge is 2.43. The maximum absolute atomic E-state index is 11.6. The lowest BCUT2D eigenvalue weighted by Gasteiger charge is -2.26. The van der Waals surface area contributed by atoms with Crippen LogP contribution >= 0.6 is 11.6 Å². The van der Waals surface area contributed by atoms with E-state index in [0.29, 0.717) is 23.0 Å². The maximum Gasteiger partial charge on any atom is 0.334 e. The van der Waals surface area contributed by atoms with Gasteiger partial charge in [0.25, 0.3) is 0 Å². The van der Waals surface area contributed by atoms with E-state index in [1.165, 1.54) is 0 Å². The fourth-order valence-electron chi connectivity index (χ4n) is 2.07. The molecule has 1 aromatic heterocycles. The number of halogens is 1. The Labute approximate surface area is 116 Å². The molecular weight excluding hydrogens is 266 g/mol. The number of aromatic nitrogens is 1. The van der Waals surface area contributed by atoms with E-state index >= 15 is 0 Å². The number of nitrogens with one attached hydrogen (secondary N) is 2. The molecule has 0 saturated heterocycles. The molecule has 0 fully saturated rings. The lowest BCUT2D eigenvalue weighted by Crippen LogP contribution is -2.44. The van der Waals surface area contributed by atoms with Gasteiger partial charge in [-0.2, -0.15) is 0 Å². The summed E-state index contributed by atoms with van der Waals surface area (Å²) in [6.45, 7) is 3.99. The van der Waals surface area contributed by atoms with E-state index in [4.69, 9.17) is 11.6 Å². The standard InChI is InChI=1S/C13H16ClN3O2/c1-8(2)16-11-7-9(4-6-15-11)13(12(18)19)5-3-10(14)17-13/h3-4,6-8,17H,5H2,1-2H3,(H,15,16)(H,18,19). The number of pyridine rings is 1. The van der Waals surface area contributed by atoms with E-state index in [1.807, 2.05) is 13.8 Å². The molecule has 102 valence electrons. The van der Waals surface area contributed by atoms with Crippen LogP contribution in [0.2, 0.25) is 0 Å². The summed E-state index contributed by atoms with van der Waals surface area (Å²) in [5.41, 5.74) is -0.571. The number of rotatable bonds is 4. The zero-order valence-electron chi connectivity index (χ0n) is 10.8. The van der Waals surface area contributed by atoms with Crippen LogP contribution in [0.3, 0.4) is 0 Å². The minimum atomic E-state index is -1.20. The Morgan fingerprint density at radius 3 is 2.89 bits per heavy atom. The number of carbonyl (C=O) groups is 1. The highest BCUT2D eigenvalue weighted by molar-refractivity contribution is 6.29. The second-order valence-corrected chi connectivity index (χ2v) is 5.23. The third kappa shape index (κ3) is 2.66. The molecule has 1 atom stereocenters. The Kier molecular flexibility index (Phi) is 3.66. The van der Waals surface area contributed by atoms with Crippen LogP contribution in [0.25, 0.3) is 0 Å². The molecule has 1 unspecified atom stereocenters. The third-order valence-corrected chi connectivity index (χ3v) is 3.22. The van der Waals surface area contributed by atoms with Gasteiger partial charge in [0.15, 0.2) is 5.54 Å². The normalized spacial score (nSPS) is 22.0. The Morgan fingerprint density at radius 1 is 1.63 bits per heavy atom. The topological polar surface area (TPSA) is 74.2 Å². The first-order valence-corrected chi connectivity index (χ1v) is 6.42. The summed E-state index contributed by atoms with van der Waals surface area (Å²) >= 11 is 5.87. The predicted molar refractivity (Wildman–Crippen MR) is 74.0 cm³/mol. The molecule has 1 aromatic rings. The molecule has 0 radical (unpaired) electrons. The van der Waals surface area contributed by atoms with Gasteiger partial charge in [-0.15, -0.1) is 0 Å². The average Bonchev–Trinajstić information content (AvgIpc) is 2.72. The molecule has 1 aliphatic rings. The van der Waals surface area contributed by atoms with Crippen molar-refractivity contribution in [2.45, 2.75) is 31.8 Å². The van der Waals surface area contributed by atoms with Crippen molar-refractivity contribution < 1.29 is 9.90 Å². The fourth-order valence-corrected chi connectivity index (χ4v) is 2.31. The largest absolute Gasteiger partial charge is 0.479 e. The molecule has 2 rings (SSSR count). The van der Waals surface area contributed by atoms with E-state index in [9.17, 15) is 9.90 Å². The summed E-state index contributed by atoms with van der Waals surface area (Å²) < 4.78 is 0. The second kappa shape index (κ2) is 5.09. The molecule has 0 bridgehead atoms. The summed E-state index contributed by atoms with van der Waals surface area (Å²) in [6.07, 6.45) is 3.58. The summed E-state index contributed by atoms with van der Waals surface area (Å²) in [4.78, 5) is 15.8. The summed E-state index contributed by atoms with van der Waals surface area (Å²) in [5, 5.41) is 15.9. The van der Waals surface area contributed by atoms with Crippen LogP contribution < -0.4 is 10.6 Å². The first-order chi connectivity index (χ1) is 8.94. The van der Waals surface area contributed by atoms with E-state index in [0.717, 1.165) is 0 Å². The molecule has 0 spiro atoms. The zero-order chi connectivity index (χ0) is 14.0. The van der Waals surface area contributed by atoms with Crippen molar-refractivity contribution in [1.29, 1.82) is 0 Å². The van der Waals surface area contributed by atoms with Crippen LogP contribution in [-0.2, 0) is 10.3 Å². The van der Waals surface area contributed by atoms with Gasteiger partial charge >= 0.3 is 5.97 Å². The molecule has 0 saturated carbocycles. The minimum Gasteiger partial charge on any atom is -0.479 e. The van der Waals surface area contributed by atoms with Crippen molar-refractivity contribution in [2.75, 3.05) is 5.32 Å². The van der Waals surface area contributed by atoms with E-state index in [2.05, 4.69) is 15.6 Å². The Hall–Kier alpha value is -1.75.